The van der Waals surface area contributed by atoms with Gasteiger partial charge >= 0.3 is 0 Å². The van der Waals surface area contributed by atoms with Crippen LogP contribution in [0.5, 0.6) is 5.75 Å². The van der Waals surface area contributed by atoms with Crippen molar-refractivity contribution in [2.45, 2.75) is 38.5 Å². The molecule has 0 amide bonds. The first-order chi connectivity index (χ1) is 7.27. The summed E-state index contributed by atoms with van der Waals surface area (Å²) in [6.45, 7) is 0. The van der Waals surface area contributed by atoms with E-state index in [1.54, 1.807) is 6.07 Å². The third-order valence-electron chi connectivity index (χ3n) is 3.29. The smallest absolute Gasteiger partial charge is 0.130 e. The zero-order chi connectivity index (χ0) is 10.7. The van der Waals surface area contributed by atoms with Gasteiger partial charge in [-0.05, 0) is 39.9 Å². The largest absolute Gasteiger partial charge is 0.507 e. The molecule has 0 aromatic heterocycles. The van der Waals surface area contributed by atoms with Crippen LogP contribution in [-0.2, 0) is 6.42 Å². The minimum absolute atomic E-state index is 0.364. The average molecular weight is 269 g/mol. The highest BCUT2D eigenvalue weighted by Crippen LogP contribution is 2.32. The summed E-state index contributed by atoms with van der Waals surface area (Å²) in [5.41, 5.74) is 1.25. The van der Waals surface area contributed by atoms with Gasteiger partial charge in [-0.25, -0.2) is 0 Å². The molecule has 2 heteroatoms. The third kappa shape index (κ3) is 2.75. The van der Waals surface area contributed by atoms with Gasteiger partial charge in [0.15, 0.2) is 0 Å². The van der Waals surface area contributed by atoms with Crippen molar-refractivity contribution >= 4 is 15.9 Å². The molecule has 1 aromatic carbocycles. The number of hydrogen-bond donors (Lipinski definition) is 1. The van der Waals surface area contributed by atoms with Crippen molar-refractivity contribution in [1.82, 2.24) is 0 Å². The van der Waals surface area contributed by atoms with Crippen molar-refractivity contribution in [2.24, 2.45) is 5.92 Å². The zero-order valence-electron chi connectivity index (χ0n) is 8.88. The normalized spacial score (nSPS) is 17.9. The summed E-state index contributed by atoms with van der Waals surface area (Å²) in [6.07, 6.45) is 7.96. The van der Waals surface area contributed by atoms with Gasteiger partial charge in [0.25, 0.3) is 0 Å². The monoisotopic (exact) mass is 268 g/mol. The summed E-state index contributed by atoms with van der Waals surface area (Å²) < 4.78 is 0.885. The fraction of sp³-hybridized carbons (Fsp3) is 0.538. The van der Waals surface area contributed by atoms with E-state index in [4.69, 9.17) is 0 Å². The van der Waals surface area contributed by atoms with Crippen LogP contribution in [-0.4, -0.2) is 5.11 Å². The summed E-state index contributed by atoms with van der Waals surface area (Å²) in [4.78, 5) is 0. The number of phenols is 1. The molecule has 0 bridgehead atoms. The summed E-state index contributed by atoms with van der Waals surface area (Å²) in [5, 5.41) is 9.58. The van der Waals surface area contributed by atoms with Crippen molar-refractivity contribution in [3.63, 3.8) is 0 Å². The van der Waals surface area contributed by atoms with Gasteiger partial charge < -0.3 is 5.11 Å². The van der Waals surface area contributed by atoms with Crippen LogP contribution in [0.25, 0.3) is 0 Å². The topological polar surface area (TPSA) is 20.2 Å². The number of aromatic hydroxyl groups is 1. The Hall–Kier alpha value is -0.500. The zero-order valence-corrected chi connectivity index (χ0v) is 10.5. The van der Waals surface area contributed by atoms with Crippen LogP contribution in [0, 0.1) is 5.92 Å². The third-order valence-corrected chi connectivity index (χ3v) is 4.21. The van der Waals surface area contributed by atoms with Gasteiger partial charge in [0.2, 0.25) is 0 Å². The average Bonchev–Trinajstić information content (AvgIpc) is 2.26. The van der Waals surface area contributed by atoms with E-state index in [0.717, 1.165) is 16.8 Å². The lowest BCUT2D eigenvalue weighted by atomic mass is 9.85. The van der Waals surface area contributed by atoms with E-state index in [1.165, 1.54) is 37.7 Å². The molecule has 0 spiro atoms. The molecule has 0 unspecified atom stereocenters. The first-order valence-electron chi connectivity index (χ1n) is 5.73. The summed E-state index contributed by atoms with van der Waals surface area (Å²) in [5.74, 6) is 1.18. The van der Waals surface area contributed by atoms with E-state index in [1.807, 2.05) is 6.07 Å². The van der Waals surface area contributed by atoms with Crippen molar-refractivity contribution < 1.29 is 5.11 Å². The van der Waals surface area contributed by atoms with Crippen LogP contribution in [0.4, 0.5) is 0 Å². The van der Waals surface area contributed by atoms with Crippen LogP contribution in [0.3, 0.4) is 0 Å². The van der Waals surface area contributed by atoms with Gasteiger partial charge in [-0.1, -0.05) is 44.2 Å². The Balaban J connectivity index is 2.06. The SMILES string of the molecule is Oc1cccc(CC2CCCCC2)c1Br. The van der Waals surface area contributed by atoms with Crippen LogP contribution in [0.15, 0.2) is 22.7 Å². The number of hydrogen-bond acceptors (Lipinski definition) is 1. The highest BCUT2D eigenvalue weighted by Gasteiger charge is 2.15. The number of benzene rings is 1. The summed E-state index contributed by atoms with van der Waals surface area (Å²) in [7, 11) is 0. The van der Waals surface area contributed by atoms with Gasteiger partial charge in [0, 0.05) is 0 Å². The Morgan fingerprint density at radius 2 is 1.93 bits per heavy atom. The fourth-order valence-corrected chi connectivity index (χ4v) is 2.85. The number of phenolic OH excluding ortho intramolecular Hbond substituents is 1. The maximum Gasteiger partial charge on any atom is 0.130 e. The van der Waals surface area contributed by atoms with E-state index < -0.39 is 0 Å². The molecule has 0 radical (unpaired) electrons. The van der Waals surface area contributed by atoms with Gasteiger partial charge in [-0.3, -0.25) is 0 Å². The Morgan fingerprint density at radius 1 is 1.20 bits per heavy atom. The summed E-state index contributed by atoms with van der Waals surface area (Å²) in [6, 6.07) is 5.77. The number of rotatable bonds is 2. The highest BCUT2D eigenvalue weighted by atomic mass is 79.9. The van der Waals surface area contributed by atoms with E-state index in [0.29, 0.717) is 5.75 Å². The van der Waals surface area contributed by atoms with E-state index >= 15 is 0 Å². The van der Waals surface area contributed by atoms with Gasteiger partial charge in [0.1, 0.15) is 5.75 Å². The van der Waals surface area contributed by atoms with Crippen LogP contribution in [0.1, 0.15) is 37.7 Å². The second-order valence-electron chi connectivity index (χ2n) is 4.46. The molecule has 1 nitrogen and oxygen atoms in total. The van der Waals surface area contributed by atoms with Crippen molar-refractivity contribution in [1.29, 1.82) is 0 Å². The van der Waals surface area contributed by atoms with Gasteiger partial charge in [0.05, 0.1) is 4.47 Å². The minimum Gasteiger partial charge on any atom is -0.507 e. The maximum atomic E-state index is 9.58. The molecule has 1 aromatic rings. The van der Waals surface area contributed by atoms with Crippen molar-refractivity contribution in [2.75, 3.05) is 0 Å². The quantitative estimate of drug-likeness (QED) is 0.849. The molecule has 1 aliphatic rings. The second-order valence-corrected chi connectivity index (χ2v) is 5.25. The van der Waals surface area contributed by atoms with Crippen LogP contribution >= 0.6 is 15.9 Å². The molecule has 82 valence electrons. The van der Waals surface area contributed by atoms with E-state index in [2.05, 4.69) is 22.0 Å². The summed E-state index contributed by atoms with van der Waals surface area (Å²) >= 11 is 3.46. The number of halogens is 1. The molecule has 0 atom stereocenters. The van der Waals surface area contributed by atoms with Crippen LogP contribution in [0.2, 0.25) is 0 Å². The van der Waals surface area contributed by atoms with Crippen molar-refractivity contribution in [3.05, 3.63) is 28.2 Å². The lowest BCUT2D eigenvalue weighted by Gasteiger charge is -2.22. The second kappa shape index (κ2) is 5.02. The molecule has 0 saturated heterocycles. The van der Waals surface area contributed by atoms with Crippen molar-refractivity contribution in [3.8, 4) is 5.75 Å². The van der Waals surface area contributed by atoms with Crippen LogP contribution < -0.4 is 0 Å². The molecule has 1 saturated carbocycles. The Kier molecular flexibility index (Phi) is 3.68. The Bertz CT molecular complexity index is 329. The van der Waals surface area contributed by atoms with Gasteiger partial charge in [-0.2, -0.15) is 0 Å². The standard InChI is InChI=1S/C13H17BrO/c14-13-11(7-4-8-12(13)15)9-10-5-2-1-3-6-10/h4,7-8,10,15H,1-3,5-6,9H2. The molecular formula is C13H17BrO. The predicted molar refractivity (Wildman–Crippen MR) is 66.1 cm³/mol. The molecular weight excluding hydrogens is 252 g/mol. The van der Waals surface area contributed by atoms with E-state index in [-0.39, 0.29) is 0 Å². The first-order valence-corrected chi connectivity index (χ1v) is 6.53. The Morgan fingerprint density at radius 3 is 2.67 bits per heavy atom. The first kappa shape index (κ1) is 11.0. The molecule has 1 N–H and O–H groups in total. The molecule has 1 fully saturated rings. The lowest BCUT2D eigenvalue weighted by Crippen LogP contribution is -2.09. The molecule has 1 aliphatic carbocycles. The molecule has 0 aliphatic heterocycles. The lowest BCUT2D eigenvalue weighted by molar-refractivity contribution is 0.355. The fourth-order valence-electron chi connectivity index (χ4n) is 2.43. The maximum absolute atomic E-state index is 9.58. The van der Waals surface area contributed by atoms with Gasteiger partial charge in [-0.15, -0.1) is 0 Å². The Labute approximate surface area is 99.6 Å². The molecule has 2 rings (SSSR count). The predicted octanol–water partition coefficient (Wildman–Crippen LogP) is 4.28. The molecule has 0 heterocycles. The van der Waals surface area contributed by atoms with E-state index in [9.17, 15) is 5.11 Å². The minimum atomic E-state index is 0.364. The highest BCUT2D eigenvalue weighted by molar-refractivity contribution is 9.10. The molecule has 15 heavy (non-hydrogen) atoms.